The third-order valence-corrected chi connectivity index (χ3v) is 11.3. The molecular weight excluding hydrogens is 736 g/mol. The molecule has 5 rings (SSSR count). The van der Waals surface area contributed by atoms with Crippen molar-refractivity contribution >= 4 is 49.1 Å². The molecule has 4 aromatic carbocycles. The van der Waals surface area contributed by atoms with E-state index in [0.29, 0.717) is 11.3 Å². The van der Waals surface area contributed by atoms with Crippen LogP contribution in [0.3, 0.4) is 0 Å². The van der Waals surface area contributed by atoms with Crippen molar-refractivity contribution in [1.29, 1.82) is 0 Å². The number of sulfonamides is 1. The highest BCUT2D eigenvalue weighted by Crippen LogP contribution is 2.30. The second-order valence-electron chi connectivity index (χ2n) is 12.6. The summed E-state index contributed by atoms with van der Waals surface area (Å²) in [5.41, 5.74) is 1.63. The van der Waals surface area contributed by atoms with Crippen LogP contribution in [0.25, 0.3) is 0 Å². The summed E-state index contributed by atoms with van der Waals surface area (Å²) in [5.74, 6) is -0.482. The summed E-state index contributed by atoms with van der Waals surface area (Å²) in [4.78, 5) is 41.3. The summed E-state index contributed by atoms with van der Waals surface area (Å²) in [6.07, 6.45) is 4.98. The van der Waals surface area contributed by atoms with Crippen LogP contribution in [-0.4, -0.2) is 55.8 Å². The maximum atomic E-state index is 14.8. The minimum absolute atomic E-state index is 0.0142. The number of nitrogens with one attached hydrogen (secondary N) is 1. The molecule has 0 saturated heterocycles. The number of methoxy groups -OCH3 is 1. The molecule has 1 atom stereocenters. The number of nitro groups is 1. The Bertz CT molecular complexity index is 1950. The smallest absolute Gasteiger partial charge is 0.273 e. The molecule has 0 radical (unpaired) electrons. The molecule has 0 unspecified atom stereocenters. The Morgan fingerprint density at radius 3 is 2.27 bits per heavy atom. The maximum absolute atomic E-state index is 14.8. The van der Waals surface area contributed by atoms with E-state index in [1.807, 2.05) is 54.6 Å². The number of rotatable bonds is 14. The van der Waals surface area contributed by atoms with Gasteiger partial charge in [-0.05, 0) is 73.4 Å². The van der Waals surface area contributed by atoms with Gasteiger partial charge in [0.25, 0.3) is 15.7 Å². The highest BCUT2D eigenvalue weighted by molar-refractivity contribution is 9.10. The molecule has 268 valence electrons. The maximum Gasteiger partial charge on any atom is 0.273 e. The molecule has 0 aromatic heterocycles. The molecule has 0 spiro atoms. The minimum Gasteiger partial charge on any atom is -0.497 e. The molecule has 4 aromatic rings. The molecule has 1 aliphatic rings. The molecule has 0 bridgehead atoms. The van der Waals surface area contributed by atoms with E-state index in [9.17, 15) is 28.1 Å². The Kier molecular flexibility index (Phi) is 12.5. The zero-order chi connectivity index (χ0) is 36.5. The molecule has 11 nitrogen and oxygen atoms in total. The Morgan fingerprint density at radius 1 is 0.941 bits per heavy atom. The van der Waals surface area contributed by atoms with Crippen LogP contribution in [-0.2, 0) is 32.6 Å². The van der Waals surface area contributed by atoms with Crippen LogP contribution in [0.5, 0.6) is 5.75 Å². The highest BCUT2D eigenvalue weighted by Gasteiger charge is 2.36. The molecule has 1 saturated carbocycles. The van der Waals surface area contributed by atoms with Gasteiger partial charge in [-0.3, -0.25) is 24.0 Å². The normalized spacial score (nSPS) is 13.9. The van der Waals surface area contributed by atoms with Crippen molar-refractivity contribution in [1.82, 2.24) is 10.2 Å². The van der Waals surface area contributed by atoms with E-state index < -0.39 is 33.4 Å². The average Bonchev–Trinajstić information content (AvgIpc) is 3.12. The van der Waals surface area contributed by atoms with Crippen molar-refractivity contribution in [3.05, 3.63) is 128 Å². The lowest BCUT2D eigenvalue weighted by molar-refractivity contribution is -0.385. The zero-order valence-corrected chi connectivity index (χ0v) is 30.9. The van der Waals surface area contributed by atoms with Gasteiger partial charge in [-0.1, -0.05) is 83.7 Å². The highest BCUT2D eigenvalue weighted by atomic mass is 79.9. The monoisotopic (exact) mass is 776 g/mol. The number of anilines is 1. The van der Waals surface area contributed by atoms with Crippen LogP contribution in [0, 0.1) is 17.0 Å². The molecule has 0 aliphatic heterocycles. The average molecular weight is 778 g/mol. The summed E-state index contributed by atoms with van der Waals surface area (Å²) in [6, 6.07) is 25.5. The summed E-state index contributed by atoms with van der Waals surface area (Å²) >= 11 is 3.50. The predicted molar refractivity (Wildman–Crippen MR) is 199 cm³/mol. The third-order valence-electron chi connectivity index (χ3n) is 9.07. The van der Waals surface area contributed by atoms with Gasteiger partial charge in [-0.15, -0.1) is 0 Å². The SMILES string of the molecule is COc1ccc(N(CC(=O)N(Cc2cccc(Br)c2)[C@H](Cc2ccccc2)C(=O)NC2CCCCC2)S(=O)(=O)c2ccc(C)c([N+](=O)[O-])c2)cc1. The van der Waals surface area contributed by atoms with Crippen LogP contribution in [0.2, 0.25) is 0 Å². The van der Waals surface area contributed by atoms with Gasteiger partial charge in [0.05, 0.1) is 22.6 Å². The molecule has 1 aliphatic carbocycles. The number of nitrogens with zero attached hydrogens (tertiary/aromatic N) is 3. The number of carbonyl (C=O) groups excluding carboxylic acids is 2. The largest absolute Gasteiger partial charge is 0.497 e. The summed E-state index contributed by atoms with van der Waals surface area (Å²) in [6.45, 7) is 0.844. The fourth-order valence-electron chi connectivity index (χ4n) is 6.28. The van der Waals surface area contributed by atoms with E-state index in [1.54, 1.807) is 12.1 Å². The van der Waals surface area contributed by atoms with Gasteiger partial charge < -0.3 is 15.0 Å². The first kappa shape index (κ1) is 37.5. The number of nitro benzene ring substituents is 1. The second-order valence-corrected chi connectivity index (χ2v) is 15.4. The van der Waals surface area contributed by atoms with Gasteiger partial charge >= 0.3 is 0 Å². The number of benzene rings is 4. The Balaban J connectivity index is 1.59. The van der Waals surface area contributed by atoms with Crippen molar-refractivity contribution in [2.75, 3.05) is 18.0 Å². The predicted octanol–water partition coefficient (Wildman–Crippen LogP) is 6.96. The molecule has 1 N–H and O–H groups in total. The van der Waals surface area contributed by atoms with E-state index in [0.717, 1.165) is 58.1 Å². The summed E-state index contributed by atoms with van der Waals surface area (Å²) < 4.78 is 35.8. The van der Waals surface area contributed by atoms with Crippen LogP contribution in [0.4, 0.5) is 11.4 Å². The zero-order valence-electron chi connectivity index (χ0n) is 28.5. The summed E-state index contributed by atoms with van der Waals surface area (Å²) in [5, 5.41) is 15.0. The van der Waals surface area contributed by atoms with Gasteiger partial charge in [-0.25, -0.2) is 8.42 Å². The Labute approximate surface area is 306 Å². The molecular formula is C38H41BrN4O7S. The van der Waals surface area contributed by atoms with Crippen LogP contribution in [0.15, 0.2) is 106 Å². The first-order chi connectivity index (χ1) is 24.5. The van der Waals surface area contributed by atoms with Crippen LogP contribution >= 0.6 is 15.9 Å². The number of hydrogen-bond donors (Lipinski definition) is 1. The van der Waals surface area contributed by atoms with Crippen molar-refractivity contribution in [2.24, 2.45) is 0 Å². The fourth-order valence-corrected chi connectivity index (χ4v) is 8.16. The number of halogens is 1. The topological polar surface area (TPSA) is 139 Å². The Hall–Kier alpha value is -4.75. The van der Waals surface area contributed by atoms with Crippen LogP contribution < -0.4 is 14.4 Å². The lowest BCUT2D eigenvalue weighted by Gasteiger charge is -2.35. The van der Waals surface area contributed by atoms with E-state index in [1.165, 1.54) is 43.2 Å². The summed E-state index contributed by atoms with van der Waals surface area (Å²) in [7, 11) is -3.07. The number of amides is 2. The first-order valence-electron chi connectivity index (χ1n) is 16.8. The molecule has 13 heteroatoms. The lowest BCUT2D eigenvalue weighted by atomic mass is 9.94. The van der Waals surface area contributed by atoms with Gasteiger partial charge in [0, 0.05) is 35.1 Å². The van der Waals surface area contributed by atoms with Crippen molar-refractivity contribution < 1.29 is 27.7 Å². The van der Waals surface area contributed by atoms with E-state index >= 15 is 0 Å². The van der Waals surface area contributed by atoms with Crippen molar-refractivity contribution in [2.45, 2.75) is 69.0 Å². The standard InChI is InChI=1S/C38H41BrN4O7S/c1-27-16-21-34(24-35(27)43(46)47)51(48,49)42(32-17-19-33(50-2)20-18-32)26-37(44)41(25-29-12-9-13-30(39)22-29)36(23-28-10-5-3-6-11-28)38(45)40-31-14-7-4-8-15-31/h3,5-6,9-13,16-22,24,31,36H,4,7-8,14-15,23,25-26H2,1-2H3,(H,40,45)/t36-/m1/s1. The van der Waals surface area contributed by atoms with Crippen molar-refractivity contribution in [3.8, 4) is 5.75 Å². The first-order valence-corrected chi connectivity index (χ1v) is 19.0. The minimum atomic E-state index is -4.55. The van der Waals surface area contributed by atoms with Gasteiger partial charge in [0.2, 0.25) is 11.8 Å². The molecule has 0 heterocycles. The van der Waals surface area contributed by atoms with E-state index in [2.05, 4.69) is 21.2 Å². The van der Waals surface area contributed by atoms with Crippen molar-refractivity contribution in [3.63, 3.8) is 0 Å². The third kappa shape index (κ3) is 9.53. The quantitative estimate of drug-likeness (QED) is 0.108. The van der Waals surface area contributed by atoms with E-state index in [-0.39, 0.29) is 41.2 Å². The van der Waals surface area contributed by atoms with Crippen LogP contribution in [0.1, 0.15) is 48.8 Å². The molecule has 1 fully saturated rings. The molecule has 51 heavy (non-hydrogen) atoms. The fraction of sp³-hybridized carbons (Fsp3) is 0.316. The Morgan fingerprint density at radius 2 is 1.63 bits per heavy atom. The number of aryl methyl sites for hydroxylation is 1. The number of hydrogen-bond acceptors (Lipinski definition) is 7. The number of carbonyl (C=O) groups is 2. The molecule has 2 amide bonds. The van der Waals surface area contributed by atoms with Gasteiger partial charge in [0.15, 0.2) is 0 Å². The second kappa shape index (κ2) is 17.0. The number of ether oxygens (including phenoxy) is 1. The lowest BCUT2D eigenvalue weighted by Crippen LogP contribution is -2.55. The van der Waals surface area contributed by atoms with E-state index in [4.69, 9.17) is 4.74 Å². The van der Waals surface area contributed by atoms with Gasteiger partial charge in [-0.2, -0.15) is 0 Å². The van der Waals surface area contributed by atoms with Gasteiger partial charge in [0.1, 0.15) is 18.3 Å².